The number of esters is 1. The third-order valence-electron chi connectivity index (χ3n) is 12.5. The van der Waals surface area contributed by atoms with Gasteiger partial charge in [0.25, 0.3) is 0 Å². The van der Waals surface area contributed by atoms with Crippen LogP contribution in [-0.2, 0) is 28.9 Å². The summed E-state index contributed by atoms with van der Waals surface area (Å²) in [5.41, 5.74) is 9.31. The summed E-state index contributed by atoms with van der Waals surface area (Å²) in [5.74, 6) is 3.45. The van der Waals surface area contributed by atoms with Crippen molar-refractivity contribution in [3.05, 3.63) is 161 Å². The maximum atomic E-state index is 12.7. The molecule has 0 aliphatic heterocycles. The number of unbranched alkanes of at least 4 members (excludes halogenated alkanes) is 8. The van der Waals surface area contributed by atoms with Crippen LogP contribution in [0, 0.1) is 32.6 Å². The van der Waals surface area contributed by atoms with E-state index in [1.807, 2.05) is 48.5 Å². The maximum absolute atomic E-state index is 12.7. The van der Waals surface area contributed by atoms with Crippen molar-refractivity contribution in [3.8, 4) is 11.5 Å². The van der Waals surface area contributed by atoms with Crippen molar-refractivity contribution in [3.63, 3.8) is 0 Å². The second kappa shape index (κ2) is 28.3. The van der Waals surface area contributed by atoms with E-state index < -0.39 is 0 Å². The topological polar surface area (TPSA) is 107 Å². The second-order valence-corrected chi connectivity index (χ2v) is 18.7. The van der Waals surface area contributed by atoms with Crippen molar-refractivity contribution in [2.45, 2.75) is 144 Å². The first-order valence-electron chi connectivity index (χ1n) is 25.4. The highest BCUT2D eigenvalue weighted by molar-refractivity contribution is 5.75. The molecular weight excluding hydrogens is 843 g/mol. The summed E-state index contributed by atoms with van der Waals surface area (Å²) in [7, 11) is 0. The smallest absolute Gasteiger partial charge is 0.314 e. The van der Waals surface area contributed by atoms with E-state index >= 15 is 0 Å². The Labute approximate surface area is 406 Å². The maximum Gasteiger partial charge on any atom is 0.314 e. The van der Waals surface area contributed by atoms with Crippen LogP contribution in [0.3, 0.4) is 0 Å². The van der Waals surface area contributed by atoms with Crippen molar-refractivity contribution in [2.24, 2.45) is 11.8 Å². The van der Waals surface area contributed by atoms with Crippen LogP contribution in [-0.4, -0.2) is 27.5 Å². The van der Waals surface area contributed by atoms with Gasteiger partial charge in [0.2, 0.25) is 11.9 Å². The van der Waals surface area contributed by atoms with Gasteiger partial charge in [-0.25, -0.2) is 0 Å². The van der Waals surface area contributed by atoms with E-state index in [0.29, 0.717) is 42.4 Å². The lowest BCUT2D eigenvalue weighted by Gasteiger charge is -2.26. The van der Waals surface area contributed by atoms with E-state index in [2.05, 4.69) is 133 Å². The van der Waals surface area contributed by atoms with Gasteiger partial charge in [0, 0.05) is 17.8 Å². The number of rotatable bonds is 24. The van der Waals surface area contributed by atoms with E-state index in [1.165, 1.54) is 97.6 Å². The average Bonchev–Trinajstić information content (AvgIpc) is 3.33. The first-order valence-corrected chi connectivity index (χ1v) is 25.4. The number of carbonyl (C=O) groups is 1. The standard InChI is InChI=1S/C34H50O4.C25H25N5/c1-3-5-7-9-11-13-28-17-23-32(24-18-28)37-34(35)31-21-15-30(16-22-31)27-36-38-33-25-19-29(20-26-33)14-12-10-8-6-4-2;1-17-7-4-10-20(13-17)16-23-28-24(26-21-11-5-8-18(2)14-21)30-25(29-23)27-22-12-6-9-19(3)15-22/h17-20,23-26,30-31H,3-16,21-22,27H2,1-2H3;4-15H,16H2,1-3H3,(H2,26,27,28,29,30). The van der Waals surface area contributed by atoms with Gasteiger partial charge in [0.1, 0.15) is 11.6 Å². The Balaban J connectivity index is 0.000000230. The first kappa shape index (κ1) is 51.3. The molecule has 0 amide bonds. The highest BCUT2D eigenvalue weighted by Gasteiger charge is 2.28. The second-order valence-electron chi connectivity index (χ2n) is 18.7. The Morgan fingerprint density at radius 1 is 0.544 bits per heavy atom. The molecule has 0 atom stereocenters. The molecule has 1 aliphatic rings. The van der Waals surface area contributed by atoms with Gasteiger partial charge in [-0.3, -0.25) is 4.79 Å². The summed E-state index contributed by atoms with van der Waals surface area (Å²) in [6.45, 7) is 11.3. The summed E-state index contributed by atoms with van der Waals surface area (Å²) in [4.78, 5) is 37.7. The Bertz CT molecular complexity index is 2240. The van der Waals surface area contributed by atoms with E-state index in [-0.39, 0.29) is 11.9 Å². The highest BCUT2D eigenvalue weighted by Crippen LogP contribution is 2.31. The molecule has 68 heavy (non-hydrogen) atoms. The van der Waals surface area contributed by atoms with Gasteiger partial charge in [0.15, 0.2) is 5.75 Å². The minimum Gasteiger partial charge on any atom is -0.426 e. The molecule has 6 aromatic rings. The molecule has 1 saturated carbocycles. The van der Waals surface area contributed by atoms with Crippen molar-refractivity contribution in [1.29, 1.82) is 0 Å². The van der Waals surface area contributed by atoms with Crippen molar-refractivity contribution < 1.29 is 19.3 Å². The SMILES string of the molecule is CCCCCCCc1ccc(OOCC2CCC(C(=O)Oc3ccc(CCCCCCC)cc3)CC2)cc1.Cc1cccc(Cc2nc(Nc3cccc(C)c3)nc(Nc3cccc(C)c3)n2)c1. The molecule has 2 N–H and O–H groups in total. The lowest BCUT2D eigenvalue weighted by molar-refractivity contribution is -0.218. The molecule has 7 rings (SSSR count). The summed E-state index contributed by atoms with van der Waals surface area (Å²) >= 11 is 0. The number of hydrogen-bond donors (Lipinski definition) is 2. The molecular formula is C59H75N5O4. The van der Waals surface area contributed by atoms with Crippen LogP contribution in [0.1, 0.15) is 143 Å². The molecule has 0 spiro atoms. The number of nitrogens with zero attached hydrogens (tertiary/aromatic N) is 3. The number of nitrogens with one attached hydrogen (secondary N) is 2. The van der Waals surface area contributed by atoms with Gasteiger partial charge in [0.05, 0.1) is 12.5 Å². The number of benzene rings is 5. The molecule has 1 aliphatic carbocycles. The van der Waals surface area contributed by atoms with Gasteiger partial charge < -0.3 is 20.3 Å². The monoisotopic (exact) mass is 918 g/mol. The quantitative estimate of drug-likeness (QED) is 0.0202. The van der Waals surface area contributed by atoms with Crippen molar-refractivity contribution in [1.82, 2.24) is 15.0 Å². The predicted octanol–water partition coefficient (Wildman–Crippen LogP) is 15.3. The Hall–Kier alpha value is -6.06. The van der Waals surface area contributed by atoms with Gasteiger partial charge in [-0.1, -0.05) is 144 Å². The molecule has 360 valence electrons. The summed E-state index contributed by atoms with van der Waals surface area (Å²) in [6, 6.07) is 41.0. The fraction of sp³-hybridized carbons (Fsp3) is 0.424. The van der Waals surface area contributed by atoms with Crippen LogP contribution in [0.5, 0.6) is 11.5 Å². The van der Waals surface area contributed by atoms with Crippen LogP contribution in [0.4, 0.5) is 23.3 Å². The molecule has 1 heterocycles. The fourth-order valence-electron chi connectivity index (χ4n) is 8.58. The van der Waals surface area contributed by atoms with E-state index in [9.17, 15) is 4.79 Å². The molecule has 0 bridgehead atoms. The van der Waals surface area contributed by atoms with Crippen LogP contribution < -0.4 is 20.3 Å². The number of aromatic nitrogens is 3. The molecule has 5 aromatic carbocycles. The molecule has 9 nitrogen and oxygen atoms in total. The zero-order chi connectivity index (χ0) is 47.8. The highest BCUT2D eigenvalue weighted by atomic mass is 17.2. The number of hydrogen-bond acceptors (Lipinski definition) is 9. The number of ether oxygens (including phenoxy) is 1. The lowest BCUT2D eigenvalue weighted by atomic mass is 9.82. The normalized spacial score (nSPS) is 14.4. The third kappa shape index (κ3) is 18.6. The summed E-state index contributed by atoms with van der Waals surface area (Å²) in [6.07, 6.45) is 19.4. The molecule has 0 unspecified atom stereocenters. The first-order chi connectivity index (χ1) is 33.2. The van der Waals surface area contributed by atoms with Gasteiger partial charge in [-0.05, 0) is 154 Å². The number of carbonyl (C=O) groups excluding carboxylic acids is 1. The van der Waals surface area contributed by atoms with E-state index in [4.69, 9.17) is 14.5 Å². The van der Waals surface area contributed by atoms with E-state index in [0.717, 1.165) is 55.6 Å². The molecule has 1 fully saturated rings. The summed E-state index contributed by atoms with van der Waals surface area (Å²) < 4.78 is 5.70. The summed E-state index contributed by atoms with van der Waals surface area (Å²) in [5, 5.41) is 6.64. The largest absolute Gasteiger partial charge is 0.426 e. The Kier molecular flexibility index (Phi) is 21.4. The minimum atomic E-state index is -0.0987. The lowest BCUT2D eigenvalue weighted by Crippen LogP contribution is -2.27. The molecule has 0 saturated heterocycles. The molecule has 0 radical (unpaired) electrons. The minimum absolute atomic E-state index is 0.0278. The van der Waals surface area contributed by atoms with Crippen molar-refractivity contribution >= 4 is 29.2 Å². The predicted molar refractivity (Wildman–Crippen MR) is 278 cm³/mol. The Morgan fingerprint density at radius 2 is 1.04 bits per heavy atom. The molecule has 9 heteroatoms. The van der Waals surface area contributed by atoms with E-state index in [1.54, 1.807) is 0 Å². The van der Waals surface area contributed by atoms with Crippen LogP contribution in [0.25, 0.3) is 0 Å². The number of anilines is 4. The fourth-order valence-corrected chi connectivity index (χ4v) is 8.58. The zero-order valence-corrected chi connectivity index (χ0v) is 41.4. The van der Waals surface area contributed by atoms with Gasteiger partial charge >= 0.3 is 5.97 Å². The van der Waals surface area contributed by atoms with Crippen LogP contribution in [0.2, 0.25) is 0 Å². The Morgan fingerprint density at radius 3 is 1.56 bits per heavy atom. The van der Waals surface area contributed by atoms with Crippen LogP contribution in [0.15, 0.2) is 121 Å². The average molecular weight is 918 g/mol. The zero-order valence-electron chi connectivity index (χ0n) is 41.4. The van der Waals surface area contributed by atoms with Gasteiger partial charge in [-0.15, -0.1) is 0 Å². The third-order valence-corrected chi connectivity index (χ3v) is 12.5. The van der Waals surface area contributed by atoms with Gasteiger partial charge in [-0.2, -0.15) is 19.8 Å². The molecule has 1 aromatic heterocycles. The number of aryl methyl sites for hydroxylation is 5. The van der Waals surface area contributed by atoms with Crippen molar-refractivity contribution in [2.75, 3.05) is 17.2 Å². The van der Waals surface area contributed by atoms with Crippen LogP contribution >= 0.6 is 0 Å².